The van der Waals surface area contributed by atoms with Crippen molar-refractivity contribution in [2.45, 2.75) is 19.4 Å². The lowest BCUT2D eigenvalue weighted by molar-refractivity contribution is 0.307. The predicted octanol–water partition coefficient (Wildman–Crippen LogP) is 5.69. The van der Waals surface area contributed by atoms with E-state index in [-0.39, 0.29) is 12.2 Å². The van der Waals surface area contributed by atoms with Crippen molar-refractivity contribution in [2.75, 3.05) is 18.5 Å². The fraction of sp³-hybridized carbons (Fsp3) is 0.179. The van der Waals surface area contributed by atoms with Crippen molar-refractivity contribution in [1.29, 1.82) is 0 Å². The molecular weight excluding hydrogens is 474 g/mol. The molecule has 0 radical (unpaired) electrons. The van der Waals surface area contributed by atoms with E-state index in [1.807, 2.05) is 42.5 Å². The molecule has 0 aliphatic carbocycles. The number of H-pyrrole nitrogens is 1. The Morgan fingerprint density at radius 2 is 1.89 bits per heavy atom. The molecule has 5 rings (SSSR count). The van der Waals surface area contributed by atoms with Crippen molar-refractivity contribution in [3.8, 4) is 28.4 Å². The molecule has 3 heterocycles. The first-order valence-corrected chi connectivity index (χ1v) is 12.0. The number of halogens is 2. The minimum atomic E-state index is -0.928. The van der Waals surface area contributed by atoms with Crippen molar-refractivity contribution >= 4 is 16.6 Å². The van der Waals surface area contributed by atoms with Gasteiger partial charge in [-0.3, -0.25) is 9.97 Å². The molecule has 3 aromatic heterocycles. The van der Waals surface area contributed by atoms with E-state index < -0.39 is 11.6 Å². The number of pyridine rings is 2. The Labute approximate surface area is 212 Å². The number of nitrogens with two attached hydrogens (primary N) is 1. The van der Waals surface area contributed by atoms with Crippen LogP contribution in [0.25, 0.3) is 33.5 Å². The highest BCUT2D eigenvalue weighted by Crippen LogP contribution is 2.32. The molecule has 2 aromatic carbocycles. The highest BCUT2D eigenvalue weighted by molar-refractivity contribution is 5.87. The van der Waals surface area contributed by atoms with Gasteiger partial charge in [-0.25, -0.2) is 13.8 Å². The van der Waals surface area contributed by atoms with Crippen molar-refractivity contribution in [2.24, 2.45) is 5.73 Å². The van der Waals surface area contributed by atoms with E-state index in [0.717, 1.165) is 41.1 Å². The van der Waals surface area contributed by atoms with Crippen molar-refractivity contribution in [1.82, 2.24) is 19.9 Å². The molecule has 9 heteroatoms. The number of unbranched alkanes of at least 4 members (excludes halogenated alkanes) is 1. The molecule has 0 unspecified atom stereocenters. The Kier molecular flexibility index (Phi) is 7.32. The smallest absolute Gasteiger partial charge is 0.181 e. The molecule has 0 aliphatic heterocycles. The van der Waals surface area contributed by atoms with Crippen LogP contribution in [0.5, 0.6) is 5.75 Å². The molecule has 37 heavy (non-hydrogen) atoms. The molecule has 0 aliphatic rings. The van der Waals surface area contributed by atoms with E-state index in [1.165, 1.54) is 12.1 Å². The molecule has 0 atom stereocenters. The second kappa shape index (κ2) is 11.1. The summed E-state index contributed by atoms with van der Waals surface area (Å²) in [7, 11) is 0. The lowest BCUT2D eigenvalue weighted by Crippen LogP contribution is -2.04. The minimum absolute atomic E-state index is 0.0631. The van der Waals surface area contributed by atoms with E-state index >= 15 is 0 Å². The van der Waals surface area contributed by atoms with Crippen molar-refractivity contribution in [3.05, 3.63) is 90.5 Å². The van der Waals surface area contributed by atoms with Gasteiger partial charge in [0.25, 0.3) is 0 Å². The van der Waals surface area contributed by atoms with Gasteiger partial charge in [0, 0.05) is 17.1 Å². The SMILES string of the molecule is NCCCCOc1cnc2ccc(-c3[nH]c(CNc4cccc(F)c4F)nc3-c3ccccn3)cc2c1. The Hall–Kier alpha value is -4.37. The molecule has 188 valence electrons. The lowest BCUT2D eigenvalue weighted by Gasteiger charge is -2.08. The molecule has 4 N–H and O–H groups in total. The maximum Gasteiger partial charge on any atom is 0.181 e. The summed E-state index contributed by atoms with van der Waals surface area (Å²) in [6.45, 7) is 1.38. The number of anilines is 1. The fourth-order valence-corrected chi connectivity index (χ4v) is 4.00. The number of hydrogen-bond acceptors (Lipinski definition) is 6. The van der Waals surface area contributed by atoms with Crippen LogP contribution in [0.1, 0.15) is 18.7 Å². The zero-order valence-electron chi connectivity index (χ0n) is 20.0. The number of aromatic amines is 1. The van der Waals surface area contributed by atoms with E-state index in [0.29, 0.717) is 36.1 Å². The van der Waals surface area contributed by atoms with Crippen molar-refractivity contribution in [3.63, 3.8) is 0 Å². The average molecular weight is 501 g/mol. The first-order valence-electron chi connectivity index (χ1n) is 12.0. The number of fused-ring (bicyclic) bond motifs is 1. The average Bonchev–Trinajstić information content (AvgIpc) is 3.36. The molecule has 7 nitrogen and oxygen atoms in total. The molecule has 0 saturated carbocycles. The minimum Gasteiger partial charge on any atom is -0.492 e. The zero-order valence-corrected chi connectivity index (χ0v) is 20.0. The Balaban J connectivity index is 1.47. The number of ether oxygens (including phenoxy) is 1. The number of imidazole rings is 1. The van der Waals surface area contributed by atoms with Crippen LogP contribution < -0.4 is 15.8 Å². The van der Waals surface area contributed by atoms with Crippen LogP contribution >= 0.6 is 0 Å². The standard InChI is InChI=1S/C28H26F2N6O/c29-21-6-5-8-23(26(21)30)34-17-25-35-27(28(36-25)24-7-1-3-12-32-24)18-9-10-22-19(14-18)15-20(16-33-22)37-13-4-2-11-31/h1,3,5-10,12,14-16,34H,2,4,11,13,17,31H2,(H,35,36). The van der Waals surface area contributed by atoms with E-state index in [2.05, 4.69) is 20.3 Å². The Morgan fingerprint density at radius 1 is 0.973 bits per heavy atom. The van der Waals surface area contributed by atoms with Gasteiger partial charge in [0.15, 0.2) is 11.6 Å². The van der Waals surface area contributed by atoms with Crippen LogP contribution in [0.2, 0.25) is 0 Å². The number of benzene rings is 2. The van der Waals surface area contributed by atoms with Gasteiger partial charge >= 0.3 is 0 Å². The second-order valence-electron chi connectivity index (χ2n) is 8.50. The molecule has 0 saturated heterocycles. The van der Waals surface area contributed by atoms with Crippen LogP contribution in [0.15, 0.2) is 73.1 Å². The van der Waals surface area contributed by atoms with Gasteiger partial charge < -0.3 is 20.8 Å². The van der Waals surface area contributed by atoms with Crippen molar-refractivity contribution < 1.29 is 13.5 Å². The summed E-state index contributed by atoms with van der Waals surface area (Å²) >= 11 is 0. The number of hydrogen-bond donors (Lipinski definition) is 3. The fourth-order valence-electron chi connectivity index (χ4n) is 4.00. The first kappa shape index (κ1) is 24.3. The van der Waals surface area contributed by atoms with Gasteiger partial charge in [-0.1, -0.05) is 18.2 Å². The van der Waals surface area contributed by atoms with Gasteiger partial charge in [0.05, 0.1) is 41.9 Å². The summed E-state index contributed by atoms with van der Waals surface area (Å²) in [6.07, 6.45) is 5.21. The van der Waals surface area contributed by atoms with Gasteiger partial charge in [-0.05, 0) is 61.9 Å². The topological polar surface area (TPSA) is 102 Å². The zero-order chi connectivity index (χ0) is 25.6. The summed E-state index contributed by atoms with van der Waals surface area (Å²) in [4.78, 5) is 17.0. The molecular formula is C28H26F2N6O. The Morgan fingerprint density at radius 3 is 2.73 bits per heavy atom. The molecule has 0 fully saturated rings. The van der Waals surface area contributed by atoms with Crippen LogP contribution in [0.3, 0.4) is 0 Å². The number of aromatic nitrogens is 4. The summed E-state index contributed by atoms with van der Waals surface area (Å²) in [5.74, 6) is -0.595. The normalized spacial score (nSPS) is 11.1. The first-order chi connectivity index (χ1) is 18.1. The molecule has 0 amide bonds. The third kappa shape index (κ3) is 5.57. The van der Waals surface area contributed by atoms with E-state index in [9.17, 15) is 8.78 Å². The summed E-state index contributed by atoms with van der Waals surface area (Å²) in [5.41, 5.74) is 9.43. The van der Waals surface area contributed by atoms with Gasteiger partial charge in [-0.2, -0.15) is 0 Å². The van der Waals surface area contributed by atoms with Crippen LogP contribution in [-0.2, 0) is 6.54 Å². The predicted molar refractivity (Wildman–Crippen MR) is 140 cm³/mol. The third-order valence-corrected chi connectivity index (χ3v) is 5.87. The van der Waals surface area contributed by atoms with Crippen LogP contribution in [0, 0.1) is 11.6 Å². The molecule has 0 spiro atoms. The monoisotopic (exact) mass is 500 g/mol. The highest BCUT2D eigenvalue weighted by Gasteiger charge is 2.16. The number of nitrogens with one attached hydrogen (secondary N) is 2. The van der Waals surface area contributed by atoms with E-state index in [1.54, 1.807) is 12.4 Å². The summed E-state index contributed by atoms with van der Waals surface area (Å²) in [5, 5.41) is 3.83. The highest BCUT2D eigenvalue weighted by atomic mass is 19.2. The maximum atomic E-state index is 14.1. The quantitative estimate of drug-likeness (QED) is 0.213. The Bertz CT molecular complexity index is 1510. The second-order valence-corrected chi connectivity index (χ2v) is 8.50. The van der Waals surface area contributed by atoms with Crippen LogP contribution in [-0.4, -0.2) is 33.1 Å². The summed E-state index contributed by atoms with van der Waals surface area (Å²) < 4.78 is 33.6. The molecule has 0 bridgehead atoms. The number of nitrogens with zero attached hydrogens (tertiary/aromatic N) is 3. The lowest BCUT2D eigenvalue weighted by atomic mass is 10.1. The van der Waals surface area contributed by atoms with Gasteiger partial charge in [0.1, 0.15) is 17.3 Å². The third-order valence-electron chi connectivity index (χ3n) is 5.87. The van der Waals surface area contributed by atoms with Crippen LogP contribution in [0.4, 0.5) is 14.5 Å². The number of rotatable bonds is 10. The summed E-state index contributed by atoms with van der Waals surface area (Å²) in [6, 6.07) is 17.5. The van der Waals surface area contributed by atoms with E-state index in [4.69, 9.17) is 15.5 Å². The van der Waals surface area contributed by atoms with Gasteiger partial charge in [-0.15, -0.1) is 0 Å². The van der Waals surface area contributed by atoms with Gasteiger partial charge in [0.2, 0.25) is 0 Å². The molecule has 5 aromatic rings. The maximum absolute atomic E-state index is 14.1. The largest absolute Gasteiger partial charge is 0.492 e.